The van der Waals surface area contributed by atoms with E-state index in [1.807, 2.05) is 0 Å². The van der Waals surface area contributed by atoms with Crippen LogP contribution in [0.2, 0.25) is 0 Å². The molecule has 1 atom stereocenters. The Kier molecular flexibility index (Phi) is 5.40. The van der Waals surface area contributed by atoms with E-state index in [0.717, 1.165) is 0 Å². The Morgan fingerprint density at radius 3 is 2.67 bits per heavy atom. The summed E-state index contributed by atoms with van der Waals surface area (Å²) in [6.45, 7) is 2.23. The van der Waals surface area contributed by atoms with Gasteiger partial charge in [-0.25, -0.2) is 0 Å². The molecular formula is C15H16ClN3O5. The van der Waals surface area contributed by atoms with Gasteiger partial charge in [0.25, 0.3) is 11.8 Å². The molecule has 9 heteroatoms. The quantitative estimate of drug-likeness (QED) is 0.463. The van der Waals surface area contributed by atoms with Gasteiger partial charge in [0.1, 0.15) is 12.3 Å². The number of alkyl halides is 1. The van der Waals surface area contributed by atoms with Crippen LogP contribution in [0.3, 0.4) is 0 Å². The van der Waals surface area contributed by atoms with E-state index in [2.05, 4.69) is 10.9 Å². The summed E-state index contributed by atoms with van der Waals surface area (Å²) >= 11 is 5.80. The Labute approximate surface area is 143 Å². The first-order valence-electron chi connectivity index (χ1n) is 7.10. The molecule has 0 radical (unpaired) electrons. The number of hydrazine groups is 1. The van der Waals surface area contributed by atoms with Crippen LogP contribution in [0.25, 0.3) is 0 Å². The van der Waals surface area contributed by atoms with Crippen molar-refractivity contribution in [2.45, 2.75) is 19.2 Å². The van der Waals surface area contributed by atoms with Gasteiger partial charge in [-0.1, -0.05) is 0 Å². The zero-order chi connectivity index (χ0) is 17.9. The van der Waals surface area contributed by atoms with Crippen LogP contribution < -0.4 is 20.5 Å². The van der Waals surface area contributed by atoms with Crippen LogP contribution in [0.4, 0.5) is 5.69 Å². The second-order valence-corrected chi connectivity index (χ2v) is 5.82. The average molecular weight is 354 g/mol. The van der Waals surface area contributed by atoms with E-state index in [-0.39, 0.29) is 18.9 Å². The number of benzene rings is 1. The molecule has 0 saturated heterocycles. The number of fused-ring (bicyclic) bond motifs is 1. The van der Waals surface area contributed by atoms with Crippen LogP contribution >= 0.6 is 11.6 Å². The van der Waals surface area contributed by atoms with Crippen LogP contribution in [0.1, 0.15) is 24.2 Å². The maximum absolute atomic E-state index is 12.1. The van der Waals surface area contributed by atoms with E-state index in [4.69, 9.17) is 16.3 Å². The Morgan fingerprint density at radius 1 is 1.33 bits per heavy atom. The molecule has 1 unspecified atom stereocenters. The average Bonchev–Trinajstić information content (AvgIpc) is 2.54. The molecule has 8 nitrogen and oxygen atoms in total. The fraction of sp³-hybridized carbons (Fsp3) is 0.333. The van der Waals surface area contributed by atoms with Gasteiger partial charge in [-0.15, -0.1) is 11.6 Å². The van der Waals surface area contributed by atoms with E-state index < -0.39 is 23.1 Å². The molecule has 0 bridgehead atoms. The van der Waals surface area contributed by atoms with Gasteiger partial charge in [0, 0.05) is 12.5 Å². The molecule has 2 N–H and O–H groups in total. The van der Waals surface area contributed by atoms with Gasteiger partial charge in [0.05, 0.1) is 11.1 Å². The summed E-state index contributed by atoms with van der Waals surface area (Å²) in [6, 6.07) is 4.55. The molecular weight excluding hydrogens is 338 g/mol. The molecule has 1 aromatic rings. The molecule has 1 aliphatic heterocycles. The summed E-state index contributed by atoms with van der Waals surface area (Å²) in [4.78, 5) is 47.9. The Bertz CT molecular complexity index is 704. The molecule has 24 heavy (non-hydrogen) atoms. The summed E-state index contributed by atoms with van der Waals surface area (Å²) < 4.78 is 5.30. The minimum Gasteiger partial charge on any atom is -0.482 e. The van der Waals surface area contributed by atoms with Crippen molar-refractivity contribution in [3.63, 3.8) is 0 Å². The zero-order valence-electron chi connectivity index (χ0n) is 13.1. The largest absolute Gasteiger partial charge is 0.482 e. The number of nitrogens with one attached hydrogen (secondary N) is 2. The Morgan fingerprint density at radius 2 is 2.04 bits per heavy atom. The number of nitrogens with zero attached hydrogens (tertiary/aromatic N) is 1. The molecule has 2 rings (SSSR count). The number of hydrogen-bond donors (Lipinski definition) is 2. The Hall–Kier alpha value is -2.61. The number of Topliss-reactive ketones (excluding diaryl/α,β-unsaturated/α-hetero) is 1. The number of rotatable bonds is 4. The molecule has 0 aromatic heterocycles. The first-order valence-corrected chi connectivity index (χ1v) is 7.54. The third-order valence-electron chi connectivity index (χ3n) is 3.23. The van der Waals surface area contributed by atoms with Crippen LogP contribution in [0, 0.1) is 0 Å². The molecule has 0 aliphatic carbocycles. The summed E-state index contributed by atoms with van der Waals surface area (Å²) in [5.74, 6) is -1.40. The van der Waals surface area contributed by atoms with Crippen molar-refractivity contribution in [2.24, 2.45) is 0 Å². The molecule has 128 valence electrons. The first-order chi connectivity index (χ1) is 11.3. The molecule has 1 aromatic carbocycles. The Balaban J connectivity index is 2.26. The SMILES string of the molecule is CC(=O)NNC(=O)CN1C(=O)COc2ccc(C(=O)C(C)Cl)cc21. The van der Waals surface area contributed by atoms with Gasteiger partial charge >= 0.3 is 0 Å². The highest BCUT2D eigenvalue weighted by Gasteiger charge is 2.28. The fourth-order valence-electron chi connectivity index (χ4n) is 2.10. The van der Waals surface area contributed by atoms with Gasteiger partial charge in [0.15, 0.2) is 12.4 Å². The van der Waals surface area contributed by atoms with Crippen molar-refractivity contribution >= 4 is 40.8 Å². The minimum absolute atomic E-state index is 0.223. The topological polar surface area (TPSA) is 105 Å². The van der Waals surface area contributed by atoms with E-state index in [1.165, 1.54) is 17.9 Å². The molecule has 3 amide bonds. The highest BCUT2D eigenvalue weighted by atomic mass is 35.5. The number of amides is 3. The van der Waals surface area contributed by atoms with Gasteiger partial charge in [-0.2, -0.15) is 0 Å². The van der Waals surface area contributed by atoms with Crippen LogP contribution in [0.15, 0.2) is 18.2 Å². The van der Waals surface area contributed by atoms with Gasteiger partial charge in [-0.05, 0) is 25.1 Å². The van der Waals surface area contributed by atoms with Gasteiger partial charge < -0.3 is 4.74 Å². The summed E-state index contributed by atoms with van der Waals surface area (Å²) in [5, 5.41) is -0.722. The number of halogens is 1. The number of ether oxygens (including phenoxy) is 1. The first kappa shape index (κ1) is 17.7. The highest BCUT2D eigenvalue weighted by Crippen LogP contribution is 2.33. The van der Waals surface area contributed by atoms with Crippen molar-refractivity contribution in [1.82, 2.24) is 10.9 Å². The van der Waals surface area contributed by atoms with Gasteiger partial charge in [0.2, 0.25) is 5.91 Å². The lowest BCUT2D eigenvalue weighted by atomic mass is 10.1. The number of carbonyl (C=O) groups is 4. The van der Waals surface area contributed by atoms with Crippen molar-refractivity contribution in [3.8, 4) is 5.75 Å². The number of anilines is 1. The summed E-state index contributed by atoms with van der Waals surface area (Å²) in [6.07, 6.45) is 0. The molecule has 0 spiro atoms. The summed E-state index contributed by atoms with van der Waals surface area (Å²) in [7, 11) is 0. The summed E-state index contributed by atoms with van der Waals surface area (Å²) in [5.41, 5.74) is 4.92. The van der Waals surface area contributed by atoms with Crippen LogP contribution in [-0.2, 0) is 14.4 Å². The van der Waals surface area contributed by atoms with Crippen molar-refractivity contribution in [2.75, 3.05) is 18.1 Å². The maximum Gasteiger partial charge on any atom is 0.265 e. The van der Waals surface area contributed by atoms with Crippen LogP contribution in [-0.4, -0.2) is 42.0 Å². The highest BCUT2D eigenvalue weighted by molar-refractivity contribution is 6.33. The molecule has 1 aliphatic rings. The third-order valence-corrected chi connectivity index (χ3v) is 3.43. The smallest absolute Gasteiger partial charge is 0.265 e. The van der Waals surface area contributed by atoms with E-state index in [1.54, 1.807) is 19.1 Å². The second kappa shape index (κ2) is 7.31. The van der Waals surface area contributed by atoms with Crippen molar-refractivity contribution in [3.05, 3.63) is 23.8 Å². The maximum atomic E-state index is 12.1. The standard InChI is InChI=1S/C15H16ClN3O5/c1-8(16)15(23)10-3-4-12-11(5-10)19(14(22)7-24-12)6-13(21)18-17-9(2)20/h3-5,8H,6-7H2,1-2H3,(H,17,20)(H,18,21). The predicted octanol–water partition coefficient (Wildman–Crippen LogP) is 0.389. The monoisotopic (exact) mass is 353 g/mol. The second-order valence-electron chi connectivity index (χ2n) is 5.16. The van der Waals surface area contributed by atoms with E-state index in [0.29, 0.717) is 17.0 Å². The predicted molar refractivity (Wildman–Crippen MR) is 85.9 cm³/mol. The van der Waals surface area contributed by atoms with Crippen LogP contribution in [0.5, 0.6) is 5.75 Å². The van der Waals surface area contributed by atoms with Crippen molar-refractivity contribution < 1.29 is 23.9 Å². The number of ketones is 1. The molecule has 0 fully saturated rings. The zero-order valence-corrected chi connectivity index (χ0v) is 13.8. The molecule has 0 saturated carbocycles. The third kappa shape index (κ3) is 4.02. The normalized spacial score (nSPS) is 14.3. The lowest BCUT2D eigenvalue weighted by molar-refractivity contribution is -0.128. The molecule has 1 heterocycles. The lowest BCUT2D eigenvalue weighted by Gasteiger charge is -2.29. The fourth-order valence-corrected chi connectivity index (χ4v) is 2.23. The van der Waals surface area contributed by atoms with E-state index >= 15 is 0 Å². The van der Waals surface area contributed by atoms with Crippen molar-refractivity contribution in [1.29, 1.82) is 0 Å². The number of carbonyl (C=O) groups excluding carboxylic acids is 4. The minimum atomic E-state index is -0.722. The van der Waals surface area contributed by atoms with E-state index in [9.17, 15) is 19.2 Å². The lowest BCUT2D eigenvalue weighted by Crippen LogP contribution is -2.49. The van der Waals surface area contributed by atoms with Gasteiger partial charge in [-0.3, -0.25) is 34.9 Å². The number of hydrogen-bond acceptors (Lipinski definition) is 5.